The van der Waals surface area contributed by atoms with Crippen molar-refractivity contribution in [2.24, 2.45) is 0 Å². The molecule has 0 aliphatic carbocycles. The molecule has 1 heterocycles. The summed E-state index contributed by atoms with van der Waals surface area (Å²) in [6.45, 7) is 6.29. The summed E-state index contributed by atoms with van der Waals surface area (Å²) in [6.07, 6.45) is 0. The molecule has 0 spiro atoms. The van der Waals surface area contributed by atoms with Gasteiger partial charge in [-0.25, -0.2) is 8.42 Å². The van der Waals surface area contributed by atoms with E-state index in [1.807, 2.05) is 13.8 Å². The first-order valence-electron chi connectivity index (χ1n) is 5.03. The van der Waals surface area contributed by atoms with E-state index in [1.54, 1.807) is 6.07 Å². The largest absolute Gasteiger partial charge is 0.311 e. The molecule has 1 saturated heterocycles. The zero-order valence-electron chi connectivity index (χ0n) is 9.27. The van der Waals surface area contributed by atoms with Crippen molar-refractivity contribution in [1.82, 2.24) is 9.62 Å². The Hall–Kier alpha value is -0.640. The van der Waals surface area contributed by atoms with E-state index in [0.717, 1.165) is 0 Å². The molecule has 0 bridgehead atoms. The number of nitriles is 1. The molecule has 86 valence electrons. The Morgan fingerprint density at radius 3 is 2.67 bits per heavy atom. The summed E-state index contributed by atoms with van der Waals surface area (Å²) in [5.41, 5.74) is 0. The van der Waals surface area contributed by atoms with Gasteiger partial charge in [0, 0.05) is 25.2 Å². The number of nitrogens with one attached hydrogen (secondary N) is 1. The van der Waals surface area contributed by atoms with Gasteiger partial charge in [-0.2, -0.15) is 9.57 Å². The number of hydrogen-bond donors (Lipinski definition) is 1. The number of piperazine rings is 1. The summed E-state index contributed by atoms with van der Waals surface area (Å²) in [4.78, 5) is 0. The zero-order valence-corrected chi connectivity index (χ0v) is 10.1. The second kappa shape index (κ2) is 4.47. The maximum Gasteiger partial charge on any atom is 0.230 e. The standard InChI is InChI=1S/C9H17N3O2S/c1-7-6-12(8(2)5-11-7)15(13,14)9(3)4-10/h7-9,11H,5-6H2,1-3H3. The molecule has 0 radical (unpaired) electrons. The first-order valence-corrected chi connectivity index (χ1v) is 6.53. The predicted octanol–water partition coefficient (Wildman–Crippen LogP) is -0.0895. The molecule has 0 aromatic carbocycles. The van der Waals surface area contributed by atoms with Gasteiger partial charge in [-0.3, -0.25) is 0 Å². The lowest BCUT2D eigenvalue weighted by molar-refractivity contribution is 0.244. The van der Waals surface area contributed by atoms with Crippen LogP contribution in [0.15, 0.2) is 0 Å². The topological polar surface area (TPSA) is 73.2 Å². The Morgan fingerprint density at radius 1 is 1.53 bits per heavy atom. The molecule has 5 nitrogen and oxygen atoms in total. The molecule has 15 heavy (non-hydrogen) atoms. The first kappa shape index (κ1) is 12.4. The van der Waals surface area contributed by atoms with Crippen LogP contribution < -0.4 is 5.32 Å². The summed E-state index contributed by atoms with van der Waals surface area (Å²) >= 11 is 0. The molecule has 1 aliphatic heterocycles. The minimum absolute atomic E-state index is 0.0815. The minimum Gasteiger partial charge on any atom is -0.311 e. The highest BCUT2D eigenvalue weighted by atomic mass is 32.2. The number of hydrogen-bond acceptors (Lipinski definition) is 4. The molecule has 3 atom stereocenters. The monoisotopic (exact) mass is 231 g/mol. The van der Waals surface area contributed by atoms with Crippen LogP contribution in [0, 0.1) is 11.3 Å². The normalized spacial score (nSPS) is 30.8. The number of nitrogens with zero attached hydrogens (tertiary/aromatic N) is 2. The van der Waals surface area contributed by atoms with Crippen molar-refractivity contribution in [3.8, 4) is 6.07 Å². The molecule has 0 saturated carbocycles. The van der Waals surface area contributed by atoms with Gasteiger partial charge in [0.15, 0.2) is 5.25 Å². The average molecular weight is 231 g/mol. The maximum absolute atomic E-state index is 11.9. The Balaban J connectivity index is 2.91. The molecule has 0 amide bonds. The molecule has 1 fully saturated rings. The molecule has 0 aromatic heterocycles. The van der Waals surface area contributed by atoms with Gasteiger partial charge in [-0.05, 0) is 20.8 Å². The average Bonchev–Trinajstić information content (AvgIpc) is 2.20. The predicted molar refractivity (Wildman–Crippen MR) is 57.6 cm³/mol. The highest BCUT2D eigenvalue weighted by molar-refractivity contribution is 7.90. The van der Waals surface area contributed by atoms with E-state index >= 15 is 0 Å². The summed E-state index contributed by atoms with van der Waals surface area (Å²) in [7, 11) is -3.46. The van der Waals surface area contributed by atoms with E-state index in [9.17, 15) is 8.42 Å². The van der Waals surface area contributed by atoms with Crippen molar-refractivity contribution in [3.63, 3.8) is 0 Å². The van der Waals surface area contributed by atoms with E-state index in [1.165, 1.54) is 11.2 Å². The lowest BCUT2D eigenvalue weighted by Crippen LogP contribution is -2.57. The van der Waals surface area contributed by atoms with Crippen LogP contribution in [0.3, 0.4) is 0 Å². The van der Waals surface area contributed by atoms with Crippen molar-refractivity contribution in [2.45, 2.75) is 38.1 Å². The molecular formula is C9H17N3O2S. The Bertz CT molecular complexity index is 360. The Labute approximate surface area is 91.1 Å². The van der Waals surface area contributed by atoms with Crippen LogP contribution >= 0.6 is 0 Å². The summed E-state index contributed by atoms with van der Waals surface area (Å²) < 4.78 is 25.3. The fraction of sp³-hybridized carbons (Fsp3) is 0.889. The van der Waals surface area contributed by atoms with Crippen LogP contribution in [0.2, 0.25) is 0 Å². The van der Waals surface area contributed by atoms with Gasteiger partial charge >= 0.3 is 0 Å². The molecule has 0 aromatic rings. The number of sulfonamides is 1. The third-order valence-corrected chi connectivity index (χ3v) is 4.82. The van der Waals surface area contributed by atoms with Crippen molar-refractivity contribution in [3.05, 3.63) is 0 Å². The van der Waals surface area contributed by atoms with E-state index in [2.05, 4.69) is 5.32 Å². The fourth-order valence-electron chi connectivity index (χ4n) is 1.61. The van der Waals surface area contributed by atoms with Crippen LogP contribution in [0.5, 0.6) is 0 Å². The van der Waals surface area contributed by atoms with Crippen LogP contribution in [-0.4, -0.2) is 43.1 Å². The van der Waals surface area contributed by atoms with E-state index in [4.69, 9.17) is 5.26 Å². The Kier molecular flexibility index (Phi) is 3.71. The van der Waals surface area contributed by atoms with Crippen LogP contribution in [-0.2, 0) is 10.0 Å². The van der Waals surface area contributed by atoms with E-state index in [-0.39, 0.29) is 12.1 Å². The second-order valence-corrected chi connectivity index (χ2v) is 6.25. The van der Waals surface area contributed by atoms with E-state index in [0.29, 0.717) is 13.1 Å². The summed E-state index contributed by atoms with van der Waals surface area (Å²) in [5.74, 6) is 0. The lowest BCUT2D eigenvalue weighted by Gasteiger charge is -2.36. The molecule has 6 heteroatoms. The van der Waals surface area contributed by atoms with Gasteiger partial charge < -0.3 is 5.32 Å². The van der Waals surface area contributed by atoms with E-state index < -0.39 is 15.3 Å². The van der Waals surface area contributed by atoms with Crippen LogP contribution in [0.4, 0.5) is 0 Å². The first-order chi connectivity index (χ1) is 6.89. The van der Waals surface area contributed by atoms with Crippen LogP contribution in [0.25, 0.3) is 0 Å². The smallest absolute Gasteiger partial charge is 0.230 e. The summed E-state index contributed by atoms with van der Waals surface area (Å²) in [5, 5.41) is 10.9. The van der Waals surface area contributed by atoms with Gasteiger partial charge in [0.05, 0.1) is 6.07 Å². The van der Waals surface area contributed by atoms with Gasteiger partial charge in [0.1, 0.15) is 0 Å². The Morgan fingerprint density at radius 2 is 2.13 bits per heavy atom. The zero-order chi connectivity index (χ0) is 11.6. The van der Waals surface area contributed by atoms with Gasteiger partial charge in [-0.1, -0.05) is 0 Å². The lowest BCUT2D eigenvalue weighted by atomic mass is 10.2. The molecule has 3 unspecified atom stereocenters. The third kappa shape index (κ3) is 2.48. The third-order valence-electron chi connectivity index (χ3n) is 2.66. The van der Waals surface area contributed by atoms with Gasteiger partial charge in [0.25, 0.3) is 0 Å². The fourth-order valence-corrected chi connectivity index (χ4v) is 3.16. The van der Waals surface area contributed by atoms with Crippen molar-refractivity contribution in [2.75, 3.05) is 13.1 Å². The SMILES string of the molecule is CC1CN(S(=O)(=O)C(C)C#N)C(C)CN1. The second-order valence-electron chi connectivity index (χ2n) is 4.04. The number of rotatable bonds is 2. The maximum atomic E-state index is 11.9. The van der Waals surface area contributed by atoms with Gasteiger partial charge in [-0.15, -0.1) is 0 Å². The molecule has 1 N–H and O–H groups in total. The van der Waals surface area contributed by atoms with Crippen molar-refractivity contribution in [1.29, 1.82) is 5.26 Å². The summed E-state index contributed by atoms with van der Waals surface area (Å²) in [6, 6.07) is 1.85. The van der Waals surface area contributed by atoms with Gasteiger partial charge in [0.2, 0.25) is 10.0 Å². The van der Waals surface area contributed by atoms with Crippen LogP contribution in [0.1, 0.15) is 20.8 Å². The molecule has 1 rings (SSSR count). The van der Waals surface area contributed by atoms with Crippen molar-refractivity contribution >= 4 is 10.0 Å². The highest BCUT2D eigenvalue weighted by Crippen LogP contribution is 2.16. The highest BCUT2D eigenvalue weighted by Gasteiger charge is 2.35. The quantitative estimate of drug-likeness (QED) is 0.721. The van der Waals surface area contributed by atoms with Crippen molar-refractivity contribution < 1.29 is 8.42 Å². The minimum atomic E-state index is -3.46. The molecule has 1 aliphatic rings. The molecular weight excluding hydrogens is 214 g/mol.